The van der Waals surface area contributed by atoms with Gasteiger partial charge in [0.25, 0.3) is 0 Å². The second-order valence-electron chi connectivity index (χ2n) is 32.7. The van der Waals surface area contributed by atoms with E-state index in [1.807, 2.05) is 70.2 Å². The number of benzene rings is 5. The first-order valence-corrected chi connectivity index (χ1v) is 44.5. The molecule has 13 atom stereocenters. The molecule has 17 N–H and O–H groups in total. The highest BCUT2D eigenvalue weighted by Crippen LogP contribution is 2.25. The number of carboxylic acid groups (broad SMARTS) is 1. The minimum absolute atomic E-state index is 0.0380. The fraction of sp³-hybridized carbons (Fsp3) is 0.468. The summed E-state index contributed by atoms with van der Waals surface area (Å²) in [7, 11) is 1.18. The van der Waals surface area contributed by atoms with Crippen LogP contribution in [0.5, 0.6) is 5.75 Å². The maximum Gasteiger partial charge on any atom is 0.329 e. The number of nitrogens with one attached hydrogen (secondary N) is 11. The van der Waals surface area contributed by atoms with Gasteiger partial charge in [0.15, 0.2) is 5.78 Å². The number of aromatic hydroxyl groups is 1. The molecule has 1 aliphatic rings. The van der Waals surface area contributed by atoms with Gasteiger partial charge in [0.2, 0.25) is 65.0 Å². The van der Waals surface area contributed by atoms with E-state index < -0.39 is 174 Å². The monoisotopic (exact) mass is 1770 g/mol. The van der Waals surface area contributed by atoms with Crippen LogP contribution in [0.25, 0.3) is 10.9 Å². The zero-order chi connectivity index (χ0) is 92.8. The van der Waals surface area contributed by atoms with Crippen LogP contribution in [0.4, 0.5) is 0 Å². The Morgan fingerprint density at radius 1 is 0.591 bits per heavy atom. The zero-order valence-electron chi connectivity index (χ0n) is 74.1. The van der Waals surface area contributed by atoms with Crippen molar-refractivity contribution in [3.8, 4) is 5.75 Å². The Labute approximate surface area is 746 Å². The van der Waals surface area contributed by atoms with Crippen LogP contribution in [0.1, 0.15) is 165 Å². The summed E-state index contributed by atoms with van der Waals surface area (Å²) < 4.78 is 11.0. The number of thioether (sulfide) groups is 1. The van der Waals surface area contributed by atoms with E-state index in [4.69, 9.17) is 20.9 Å². The van der Waals surface area contributed by atoms with E-state index in [9.17, 15) is 67.7 Å². The maximum atomic E-state index is 15.1. The molecule has 0 aliphatic carbocycles. The number of nitrogens with zero attached hydrogens (tertiary/aromatic N) is 1. The lowest BCUT2D eigenvalue weighted by atomic mass is 9.94. The number of phenolic OH excluding ortho intramolecular Hbond substituents is 1. The SMILES string of the molecule is CC[C@H](C)[C@H](NC(=O)[C@@H](NC(=O)[C@@H](N)Cc1ccc(O)cc1)[C@@H](C)CC)C(=O)N[C@@H](CCCCN)C(=O)NCC(=O)N[C@H](C(=O)N[C@@H](Cc1ccccc1)C(=O)N[C@@H](Cc1c[nH]c2ccccc12)C(=O)N[C@@H](CC(=O)O)C(=O)N1CCC[C@H]1C(=O)N[C@@H](C)C(=O)N[C@@H](CSC/C=C(\C)CC/C=C(\C)COCc1cccc(C(=O)c2ccccc2)c1)C(=O)OC)C(C)C. The van der Waals surface area contributed by atoms with Crippen LogP contribution in [0.2, 0.25) is 0 Å². The van der Waals surface area contributed by atoms with Crippen molar-refractivity contribution in [2.75, 3.05) is 44.9 Å². The molecular weight excluding hydrogens is 1650 g/mol. The Hall–Kier alpha value is -12.1. The van der Waals surface area contributed by atoms with Crippen molar-refractivity contribution in [1.29, 1.82) is 0 Å². The number of carboxylic acids is 1. The number of fused-ring (bicyclic) bond motifs is 1. The quantitative estimate of drug-likeness (QED) is 0.00887. The molecule has 6 aromatic rings. The summed E-state index contributed by atoms with van der Waals surface area (Å²) in [5.41, 5.74) is 18.8. The number of rotatable bonds is 52. The molecule has 5 aromatic carbocycles. The third-order valence-electron chi connectivity index (χ3n) is 22.3. The smallest absolute Gasteiger partial charge is 0.329 e. The Morgan fingerprint density at radius 3 is 1.83 bits per heavy atom. The predicted molar refractivity (Wildman–Crippen MR) is 484 cm³/mol. The Balaban J connectivity index is 0.973. The molecule has 1 aliphatic heterocycles. The van der Waals surface area contributed by atoms with Gasteiger partial charge in [-0.1, -0.05) is 187 Å². The predicted octanol–water partition coefficient (Wildman–Crippen LogP) is 6.10. The largest absolute Gasteiger partial charge is 0.508 e. The molecule has 0 bridgehead atoms. The molecule has 33 heteroatoms. The Bertz CT molecular complexity index is 4780. The van der Waals surface area contributed by atoms with E-state index in [-0.39, 0.29) is 68.9 Å². The van der Waals surface area contributed by atoms with Crippen LogP contribution in [-0.2, 0) is 97.7 Å². The summed E-state index contributed by atoms with van der Waals surface area (Å²) in [6, 6.07) is 23.7. The number of nitrogens with two attached hydrogens (primary N) is 2. The van der Waals surface area contributed by atoms with Crippen molar-refractivity contribution in [2.24, 2.45) is 29.2 Å². The molecule has 0 unspecified atom stereocenters. The number of aromatic nitrogens is 1. The first-order chi connectivity index (χ1) is 60.7. The van der Waals surface area contributed by atoms with Gasteiger partial charge in [-0.05, 0) is 143 Å². The number of phenols is 1. The summed E-state index contributed by atoms with van der Waals surface area (Å²) in [6.45, 7) is 16.0. The third-order valence-corrected chi connectivity index (χ3v) is 23.3. The van der Waals surface area contributed by atoms with Crippen LogP contribution >= 0.6 is 11.8 Å². The highest BCUT2D eigenvalue weighted by Gasteiger charge is 2.42. The molecule has 11 amide bonds. The molecule has 1 fully saturated rings. The van der Waals surface area contributed by atoms with Gasteiger partial charge in [0.1, 0.15) is 66.2 Å². The number of para-hydroxylation sites is 1. The molecule has 32 nitrogen and oxygen atoms in total. The number of aromatic amines is 1. The first kappa shape index (κ1) is 102. The molecule has 686 valence electrons. The van der Waals surface area contributed by atoms with Gasteiger partial charge in [-0.15, -0.1) is 0 Å². The minimum Gasteiger partial charge on any atom is -0.508 e. The average Bonchev–Trinajstić information content (AvgIpc) is 1.70. The lowest BCUT2D eigenvalue weighted by molar-refractivity contribution is -0.146. The Kier molecular flexibility index (Phi) is 41.9. The van der Waals surface area contributed by atoms with Gasteiger partial charge in [0, 0.05) is 59.1 Å². The molecular formula is C94H126N14O18S. The van der Waals surface area contributed by atoms with Gasteiger partial charge in [-0.25, -0.2) is 4.79 Å². The topological polar surface area (TPSA) is 489 Å². The molecule has 2 heterocycles. The zero-order valence-corrected chi connectivity index (χ0v) is 74.9. The number of hydrogen-bond donors (Lipinski definition) is 15. The van der Waals surface area contributed by atoms with Crippen molar-refractivity contribution in [1.82, 2.24) is 63.1 Å². The standard InChI is InChI=1S/C94H126N14O18S/c1-11-59(7)81(107-92(122)82(60(8)12-2)106-85(115)70(96)47-63-38-40-68(109)41-39-63)91(121)100-72(36-21-22-43-95)86(116)98-52-78(110)105-80(56(3)4)90(120)102-73(48-62-28-15-13-16-29-62)87(117)101-74(49-67-51-97-71-35-20-19-34-69(67)71)88(118)103-75(50-79(111)112)93(123)108-44-25-37-77(108)89(119)99-61(9)84(114)104-76(94(124)125-10)55-127-45-42-57(5)26-23-27-58(6)53-126-54-64-30-24-33-66(46-64)83(113)65-31-17-14-18-32-65/h13-20,24,27-35,38-42,46,51,56,59-61,70,72-77,80-82,97,109H,11-12,21-23,25-26,36-37,43-45,47-50,52-55,95-96H2,1-10H3,(H,98,116)(H,99,119)(H,100,121)(H,101,117)(H,102,120)(H,103,118)(H,104,114)(H,105,110)(H,106,115)(H,107,122)(H,111,112)/b57-42+,58-27+/t59-,60-,61-,70-,72-,73-,74-,75-,76-,77-,80-,81-,82-/m0/s1. The van der Waals surface area contributed by atoms with Crippen molar-refractivity contribution in [3.05, 3.63) is 196 Å². The molecule has 1 saturated heterocycles. The number of H-pyrrole nitrogens is 1. The number of esters is 1. The first-order valence-electron chi connectivity index (χ1n) is 43.3. The number of aliphatic carboxylic acids is 1. The number of ether oxygens (including phenoxy) is 2. The van der Waals surface area contributed by atoms with Crippen LogP contribution in [0.15, 0.2) is 163 Å². The maximum absolute atomic E-state index is 15.1. The second-order valence-corrected chi connectivity index (χ2v) is 33.8. The van der Waals surface area contributed by atoms with Gasteiger partial charge in [0.05, 0.1) is 39.3 Å². The molecule has 0 saturated carbocycles. The molecule has 0 spiro atoms. The van der Waals surface area contributed by atoms with Gasteiger partial charge in [-0.3, -0.25) is 62.3 Å². The van der Waals surface area contributed by atoms with Gasteiger partial charge < -0.3 is 94.2 Å². The number of unbranched alkanes of at least 4 members (excludes halogenated alkanes) is 1. The normalized spacial score (nSPS) is 15.6. The minimum atomic E-state index is -1.83. The van der Waals surface area contributed by atoms with Crippen LogP contribution in [0, 0.1) is 17.8 Å². The highest BCUT2D eigenvalue weighted by atomic mass is 32.2. The fourth-order valence-corrected chi connectivity index (χ4v) is 15.4. The number of carbonyl (C=O) groups is 14. The summed E-state index contributed by atoms with van der Waals surface area (Å²) in [5.74, 6) is -12.1. The highest BCUT2D eigenvalue weighted by molar-refractivity contribution is 7.99. The van der Waals surface area contributed by atoms with Crippen LogP contribution in [0.3, 0.4) is 0 Å². The van der Waals surface area contributed by atoms with Crippen molar-refractivity contribution >= 4 is 105 Å². The van der Waals surface area contributed by atoms with E-state index in [0.29, 0.717) is 83.4 Å². The summed E-state index contributed by atoms with van der Waals surface area (Å²) in [5, 5.41) is 47.6. The Morgan fingerprint density at radius 2 is 1.17 bits per heavy atom. The van der Waals surface area contributed by atoms with E-state index in [0.717, 1.165) is 34.5 Å². The third kappa shape index (κ3) is 32.7. The van der Waals surface area contributed by atoms with E-state index in [1.54, 1.807) is 119 Å². The lowest BCUT2D eigenvalue weighted by Gasteiger charge is -2.30. The molecule has 1 aromatic heterocycles. The molecule has 0 radical (unpaired) electrons. The van der Waals surface area contributed by atoms with Crippen molar-refractivity contribution in [2.45, 2.75) is 219 Å². The second kappa shape index (κ2) is 52.1. The van der Waals surface area contributed by atoms with E-state index in [2.05, 4.69) is 64.2 Å². The number of likely N-dealkylation sites (tertiary alicyclic amines) is 1. The van der Waals surface area contributed by atoms with E-state index >= 15 is 9.59 Å². The summed E-state index contributed by atoms with van der Waals surface area (Å²) in [4.78, 5) is 201. The molecule has 7 rings (SSSR count). The van der Waals surface area contributed by atoms with Crippen molar-refractivity contribution < 1.29 is 86.8 Å². The van der Waals surface area contributed by atoms with Gasteiger partial charge >= 0.3 is 11.9 Å². The van der Waals surface area contributed by atoms with Gasteiger partial charge in [-0.2, -0.15) is 11.8 Å². The number of allylic oxidation sites excluding steroid dienone is 2. The fourth-order valence-electron chi connectivity index (χ4n) is 14.4. The molecule has 127 heavy (non-hydrogen) atoms. The van der Waals surface area contributed by atoms with Crippen LogP contribution < -0.4 is 64.6 Å². The number of hydrogen-bond acceptors (Lipinski definition) is 20. The number of carbonyl (C=O) groups excluding carboxylic acids is 13. The number of ketones is 1. The van der Waals surface area contributed by atoms with Crippen LogP contribution in [-0.4, -0.2) is 214 Å². The summed E-state index contributed by atoms with van der Waals surface area (Å²) in [6.07, 6.45) is 8.02. The lowest BCUT2D eigenvalue weighted by Crippen LogP contribution is -2.61. The average molecular weight is 1770 g/mol. The summed E-state index contributed by atoms with van der Waals surface area (Å²) >= 11 is 1.37. The number of methoxy groups -OCH3 is 1. The van der Waals surface area contributed by atoms with Crippen molar-refractivity contribution in [3.63, 3.8) is 0 Å². The van der Waals surface area contributed by atoms with E-state index in [1.165, 1.54) is 37.9 Å². The number of amides is 11.